The average Bonchev–Trinajstić information content (AvgIpc) is 2.40. The van der Waals surface area contributed by atoms with Crippen LogP contribution in [0.15, 0.2) is 48.5 Å². The van der Waals surface area contributed by atoms with Crippen LogP contribution in [-0.4, -0.2) is 54.3 Å². The first-order chi connectivity index (χ1) is 9.43. The van der Waals surface area contributed by atoms with Crippen LogP contribution in [0.25, 0.3) is 0 Å². The Morgan fingerprint density at radius 3 is 1.00 bits per heavy atom. The molecule has 147 valence electrons. The van der Waals surface area contributed by atoms with Gasteiger partial charge in [0, 0.05) is 17.1 Å². The molecule has 0 spiro atoms. The molecule has 0 aliphatic heterocycles. The van der Waals surface area contributed by atoms with Gasteiger partial charge in [-0.05, 0) is 24.3 Å². The predicted octanol–water partition coefficient (Wildman–Crippen LogP) is -1.12. The van der Waals surface area contributed by atoms with Gasteiger partial charge in [0.2, 0.25) is 0 Å². The first kappa shape index (κ1) is 33.8. The number of phenols is 2. The van der Waals surface area contributed by atoms with Crippen LogP contribution in [0.2, 0.25) is 0 Å². The summed E-state index contributed by atoms with van der Waals surface area (Å²) in [5, 5.41) is 34.6. The molecule has 11 heteroatoms. The molecule has 0 amide bonds. The van der Waals surface area contributed by atoms with Crippen molar-refractivity contribution in [2.24, 2.45) is 0 Å². The number of carboxylic acid groups (broad SMARTS) is 2. The third-order valence-corrected chi connectivity index (χ3v) is 2.27. The first-order valence-electron chi connectivity index (χ1n) is 5.46. The first-order valence-corrected chi connectivity index (χ1v) is 5.46. The number of carboxylic acids is 2. The van der Waals surface area contributed by atoms with Gasteiger partial charge in [0.25, 0.3) is 0 Å². The Morgan fingerprint density at radius 1 is 0.600 bits per heavy atom. The van der Waals surface area contributed by atoms with E-state index >= 15 is 0 Å². The number of aromatic hydroxyl groups is 2. The third kappa shape index (κ3) is 10.7. The summed E-state index contributed by atoms with van der Waals surface area (Å²) in [5.74, 6) is -2.62. The normalized spacial score (nSPS) is 7.36. The van der Waals surface area contributed by atoms with Gasteiger partial charge in [-0.3, -0.25) is 0 Å². The molecule has 10 nitrogen and oxygen atoms in total. The van der Waals surface area contributed by atoms with Crippen LogP contribution >= 0.6 is 0 Å². The van der Waals surface area contributed by atoms with Crippen LogP contribution in [0, 0.1) is 0 Å². The Labute approximate surface area is 152 Å². The number of rotatable bonds is 2. The summed E-state index contributed by atoms with van der Waals surface area (Å²) >= 11 is 0. The van der Waals surface area contributed by atoms with Gasteiger partial charge < -0.3 is 42.3 Å². The molecular weight excluding hydrogens is 392 g/mol. The summed E-state index contributed by atoms with van der Waals surface area (Å²) in [6.45, 7) is 0. The van der Waals surface area contributed by atoms with Crippen LogP contribution in [0.4, 0.5) is 0 Å². The van der Waals surface area contributed by atoms with Crippen molar-refractivity contribution in [2.75, 3.05) is 0 Å². The van der Waals surface area contributed by atoms with Gasteiger partial charge in [-0.1, -0.05) is 24.3 Å². The molecule has 0 unspecified atom stereocenters. The summed E-state index contributed by atoms with van der Waals surface area (Å²) in [6.07, 6.45) is 0. The van der Waals surface area contributed by atoms with Crippen molar-refractivity contribution in [2.45, 2.75) is 0 Å². The topological polar surface area (TPSA) is 241 Å². The van der Waals surface area contributed by atoms with Crippen molar-refractivity contribution in [3.05, 3.63) is 59.7 Å². The van der Waals surface area contributed by atoms with Gasteiger partial charge in [-0.15, -0.1) is 0 Å². The molecule has 2 aromatic carbocycles. The molecule has 0 saturated carbocycles. The van der Waals surface area contributed by atoms with Crippen LogP contribution in [0.1, 0.15) is 20.7 Å². The Bertz CT molecular complexity index is 577. The maximum absolute atomic E-state index is 10.3. The fourth-order valence-corrected chi connectivity index (χ4v) is 1.31. The Balaban J connectivity index is -0.0000000889. The summed E-state index contributed by atoms with van der Waals surface area (Å²) in [5.41, 5.74) is -0.134. The smallest absolute Gasteiger partial charge is 0.339 e. The summed E-state index contributed by atoms with van der Waals surface area (Å²) < 4.78 is 0. The van der Waals surface area contributed by atoms with Crippen molar-refractivity contribution in [3.8, 4) is 11.5 Å². The van der Waals surface area contributed by atoms with Crippen molar-refractivity contribution in [1.29, 1.82) is 0 Å². The van der Waals surface area contributed by atoms with E-state index in [0.717, 1.165) is 0 Å². The second-order valence-electron chi connectivity index (χ2n) is 3.64. The second-order valence-corrected chi connectivity index (χ2v) is 3.64. The maximum atomic E-state index is 10.3. The largest absolute Gasteiger partial charge is 0.507 e. The zero-order valence-electron chi connectivity index (χ0n) is 12.5. The van der Waals surface area contributed by atoms with Gasteiger partial charge in [-0.25, -0.2) is 9.59 Å². The predicted molar refractivity (Wildman–Crippen MR) is 84.6 cm³/mol. The van der Waals surface area contributed by atoms with E-state index in [0.29, 0.717) is 0 Å². The zero-order chi connectivity index (χ0) is 15.1. The van der Waals surface area contributed by atoms with E-state index in [1.54, 1.807) is 24.3 Å². The monoisotopic (exact) mass is 411 g/mol. The van der Waals surface area contributed by atoms with Gasteiger partial charge in [0.1, 0.15) is 22.6 Å². The van der Waals surface area contributed by atoms with Crippen molar-refractivity contribution < 1.29 is 69.0 Å². The van der Waals surface area contributed by atoms with Crippen LogP contribution in [0.3, 0.4) is 0 Å². The Morgan fingerprint density at radius 2 is 0.840 bits per heavy atom. The number of benzene rings is 2. The zero-order valence-corrected chi connectivity index (χ0v) is 13.5. The standard InChI is InChI=1S/2C7H6O3.Cu.4H2O/c2*8-6-4-2-1-3-5(6)7(9)10;;;;;/h2*1-4,8H,(H,9,10);;4*1H2. The minimum atomic E-state index is -1.11. The van der Waals surface area contributed by atoms with Crippen molar-refractivity contribution in [1.82, 2.24) is 0 Å². The fourth-order valence-electron chi connectivity index (χ4n) is 1.31. The number of para-hydroxylation sites is 2. The van der Waals surface area contributed by atoms with Gasteiger partial charge >= 0.3 is 11.9 Å². The number of hydrogen-bond acceptors (Lipinski definition) is 4. The molecule has 0 aliphatic carbocycles. The van der Waals surface area contributed by atoms with Crippen LogP contribution in [0.5, 0.6) is 11.5 Å². The number of hydrogen-bond donors (Lipinski definition) is 4. The molecule has 12 N–H and O–H groups in total. The summed E-state index contributed by atoms with van der Waals surface area (Å²) in [4.78, 5) is 20.5. The molecule has 0 aromatic heterocycles. The molecule has 25 heavy (non-hydrogen) atoms. The average molecular weight is 412 g/mol. The summed E-state index contributed by atoms with van der Waals surface area (Å²) in [7, 11) is 0. The van der Waals surface area contributed by atoms with Crippen LogP contribution in [-0.2, 0) is 17.1 Å². The van der Waals surface area contributed by atoms with E-state index < -0.39 is 11.9 Å². The molecular formula is C14H20CuO10. The molecule has 2 rings (SSSR count). The van der Waals surface area contributed by atoms with E-state index in [9.17, 15) is 9.59 Å². The van der Waals surface area contributed by atoms with E-state index in [1.807, 2.05) is 0 Å². The van der Waals surface area contributed by atoms with E-state index in [4.69, 9.17) is 20.4 Å². The van der Waals surface area contributed by atoms with Gasteiger partial charge in [-0.2, -0.15) is 0 Å². The summed E-state index contributed by atoms with van der Waals surface area (Å²) in [6, 6.07) is 11.6. The molecule has 0 saturated heterocycles. The minimum absolute atomic E-state index is 0. The molecule has 0 heterocycles. The van der Waals surface area contributed by atoms with Gasteiger partial charge in [0.15, 0.2) is 0 Å². The number of aromatic carboxylic acids is 2. The molecule has 2 aromatic rings. The van der Waals surface area contributed by atoms with E-state index in [-0.39, 0.29) is 61.6 Å². The second kappa shape index (κ2) is 16.2. The maximum Gasteiger partial charge on any atom is 0.339 e. The molecule has 0 bridgehead atoms. The quantitative estimate of drug-likeness (QED) is 0.445. The minimum Gasteiger partial charge on any atom is -0.507 e. The third-order valence-electron chi connectivity index (χ3n) is 2.27. The van der Waals surface area contributed by atoms with Crippen molar-refractivity contribution in [3.63, 3.8) is 0 Å². The van der Waals surface area contributed by atoms with Crippen molar-refractivity contribution >= 4 is 11.9 Å². The molecule has 0 fully saturated rings. The SMILES string of the molecule is O.O.O.O.O=C(O)c1ccccc1O.O=C(O)c1ccccc1O.[Cu]. The Hall–Kier alpha value is -2.66. The Kier molecular flexibility index (Phi) is 21.9. The van der Waals surface area contributed by atoms with E-state index in [1.165, 1.54) is 24.3 Å². The van der Waals surface area contributed by atoms with Crippen LogP contribution < -0.4 is 0 Å². The van der Waals surface area contributed by atoms with E-state index in [2.05, 4.69) is 0 Å². The molecule has 0 aliphatic rings. The molecule has 0 atom stereocenters. The van der Waals surface area contributed by atoms with Gasteiger partial charge in [0.05, 0.1) is 0 Å². The molecule has 1 radical (unpaired) electrons. The fraction of sp³-hybridized carbons (Fsp3) is 0. The number of carbonyl (C=O) groups is 2.